The van der Waals surface area contributed by atoms with Crippen molar-refractivity contribution in [1.82, 2.24) is 5.32 Å². The van der Waals surface area contributed by atoms with Crippen LogP contribution in [0.3, 0.4) is 0 Å². The zero-order valence-corrected chi connectivity index (χ0v) is 11.1. The maximum Gasteiger partial charge on any atom is 0.0204 e. The van der Waals surface area contributed by atoms with Gasteiger partial charge in [0.15, 0.2) is 0 Å². The van der Waals surface area contributed by atoms with Gasteiger partial charge in [-0.2, -0.15) is 0 Å². The zero-order chi connectivity index (χ0) is 11.3. The van der Waals surface area contributed by atoms with Gasteiger partial charge in [0.2, 0.25) is 0 Å². The van der Waals surface area contributed by atoms with Gasteiger partial charge in [0.25, 0.3) is 0 Å². The van der Waals surface area contributed by atoms with E-state index in [-0.39, 0.29) is 0 Å². The molecule has 1 heteroatoms. The molecule has 0 saturated carbocycles. The van der Waals surface area contributed by atoms with E-state index in [2.05, 4.69) is 33.0 Å². The van der Waals surface area contributed by atoms with Gasteiger partial charge >= 0.3 is 0 Å². The SMILES string of the molecule is CC(C)CCC1(C(C)C)CCCCCN1. The molecule has 1 N–H and O–H groups in total. The fraction of sp³-hybridized carbons (Fsp3) is 1.00. The standard InChI is InChI=1S/C14H29N/c1-12(2)8-10-14(13(3)4)9-6-5-7-11-15-14/h12-13,15H,5-11H2,1-4H3. The molecule has 1 fully saturated rings. The van der Waals surface area contributed by atoms with Gasteiger partial charge in [-0.05, 0) is 44.1 Å². The van der Waals surface area contributed by atoms with Crippen molar-refractivity contribution in [2.45, 2.75) is 71.8 Å². The Labute approximate surface area is 96.0 Å². The lowest BCUT2D eigenvalue weighted by molar-refractivity contribution is 0.198. The third-order valence-electron chi connectivity index (χ3n) is 4.05. The summed E-state index contributed by atoms with van der Waals surface area (Å²) in [6, 6.07) is 0. The van der Waals surface area contributed by atoms with Crippen molar-refractivity contribution in [1.29, 1.82) is 0 Å². The first-order valence-corrected chi connectivity index (χ1v) is 6.82. The van der Waals surface area contributed by atoms with Crippen LogP contribution in [0.25, 0.3) is 0 Å². The third kappa shape index (κ3) is 3.79. The van der Waals surface area contributed by atoms with Crippen LogP contribution in [0.4, 0.5) is 0 Å². The summed E-state index contributed by atoms with van der Waals surface area (Å²) >= 11 is 0. The van der Waals surface area contributed by atoms with Gasteiger partial charge in [0.1, 0.15) is 0 Å². The molecular formula is C14H29N. The highest BCUT2D eigenvalue weighted by molar-refractivity contribution is 4.92. The summed E-state index contributed by atoms with van der Waals surface area (Å²) < 4.78 is 0. The second-order valence-corrected chi connectivity index (χ2v) is 5.98. The summed E-state index contributed by atoms with van der Waals surface area (Å²) in [5.41, 5.74) is 0.445. The van der Waals surface area contributed by atoms with Gasteiger partial charge in [0, 0.05) is 5.54 Å². The minimum atomic E-state index is 0.445. The molecule has 1 unspecified atom stereocenters. The molecular weight excluding hydrogens is 182 g/mol. The van der Waals surface area contributed by atoms with Gasteiger partial charge in [-0.3, -0.25) is 0 Å². The van der Waals surface area contributed by atoms with Crippen LogP contribution in [0.15, 0.2) is 0 Å². The van der Waals surface area contributed by atoms with E-state index < -0.39 is 0 Å². The van der Waals surface area contributed by atoms with Crippen LogP contribution in [-0.4, -0.2) is 12.1 Å². The maximum atomic E-state index is 3.85. The normalized spacial score (nSPS) is 28.4. The molecule has 0 spiro atoms. The van der Waals surface area contributed by atoms with Crippen molar-refractivity contribution in [2.75, 3.05) is 6.54 Å². The van der Waals surface area contributed by atoms with Crippen molar-refractivity contribution in [2.24, 2.45) is 11.8 Å². The molecule has 1 atom stereocenters. The molecule has 0 aliphatic carbocycles. The predicted octanol–water partition coefficient (Wildman–Crippen LogP) is 3.98. The average molecular weight is 211 g/mol. The topological polar surface area (TPSA) is 12.0 Å². The van der Waals surface area contributed by atoms with Gasteiger partial charge in [-0.25, -0.2) is 0 Å². The molecule has 1 aliphatic rings. The molecule has 0 radical (unpaired) electrons. The highest BCUT2D eigenvalue weighted by Crippen LogP contribution is 2.32. The van der Waals surface area contributed by atoms with Crippen LogP contribution in [0, 0.1) is 11.8 Å². The zero-order valence-electron chi connectivity index (χ0n) is 11.1. The molecule has 0 bridgehead atoms. The van der Waals surface area contributed by atoms with E-state index in [1.807, 2.05) is 0 Å². The molecule has 1 rings (SSSR count). The Morgan fingerprint density at radius 2 is 1.80 bits per heavy atom. The Morgan fingerprint density at radius 1 is 1.07 bits per heavy atom. The molecule has 90 valence electrons. The largest absolute Gasteiger partial charge is 0.311 e. The fourth-order valence-electron chi connectivity index (χ4n) is 2.71. The molecule has 0 aromatic rings. The molecule has 15 heavy (non-hydrogen) atoms. The summed E-state index contributed by atoms with van der Waals surface area (Å²) in [4.78, 5) is 0. The van der Waals surface area contributed by atoms with Crippen LogP contribution in [0.2, 0.25) is 0 Å². The predicted molar refractivity (Wildman–Crippen MR) is 68.1 cm³/mol. The number of rotatable bonds is 4. The molecule has 1 saturated heterocycles. The van der Waals surface area contributed by atoms with E-state index >= 15 is 0 Å². The summed E-state index contributed by atoms with van der Waals surface area (Å²) in [6.07, 6.45) is 8.33. The van der Waals surface area contributed by atoms with E-state index in [1.54, 1.807) is 0 Å². The molecule has 1 nitrogen and oxygen atoms in total. The van der Waals surface area contributed by atoms with Crippen LogP contribution >= 0.6 is 0 Å². The highest BCUT2D eigenvalue weighted by Gasteiger charge is 2.33. The monoisotopic (exact) mass is 211 g/mol. The number of nitrogens with one attached hydrogen (secondary N) is 1. The van der Waals surface area contributed by atoms with Crippen LogP contribution in [0.1, 0.15) is 66.2 Å². The molecule has 0 aromatic heterocycles. The molecule has 0 aromatic carbocycles. The Balaban J connectivity index is 2.58. The van der Waals surface area contributed by atoms with Crippen LogP contribution < -0.4 is 5.32 Å². The summed E-state index contributed by atoms with van der Waals surface area (Å²) in [5, 5.41) is 3.85. The first kappa shape index (κ1) is 13.0. The van der Waals surface area contributed by atoms with Gasteiger partial charge < -0.3 is 5.32 Å². The van der Waals surface area contributed by atoms with E-state index in [0.717, 1.165) is 11.8 Å². The summed E-state index contributed by atoms with van der Waals surface area (Å²) in [7, 11) is 0. The van der Waals surface area contributed by atoms with E-state index in [0.29, 0.717) is 5.54 Å². The first-order valence-electron chi connectivity index (χ1n) is 6.82. The first-order chi connectivity index (χ1) is 7.07. The van der Waals surface area contributed by atoms with Crippen molar-refractivity contribution in [3.05, 3.63) is 0 Å². The maximum absolute atomic E-state index is 3.85. The van der Waals surface area contributed by atoms with E-state index in [1.165, 1.54) is 45.1 Å². The fourth-order valence-corrected chi connectivity index (χ4v) is 2.71. The molecule has 1 aliphatic heterocycles. The van der Waals surface area contributed by atoms with Crippen LogP contribution in [0.5, 0.6) is 0 Å². The lowest BCUT2D eigenvalue weighted by Gasteiger charge is -2.38. The molecule has 1 heterocycles. The number of hydrogen-bond acceptors (Lipinski definition) is 1. The second-order valence-electron chi connectivity index (χ2n) is 5.98. The molecule has 0 amide bonds. The Morgan fingerprint density at radius 3 is 2.40 bits per heavy atom. The summed E-state index contributed by atoms with van der Waals surface area (Å²) in [6.45, 7) is 10.7. The van der Waals surface area contributed by atoms with Crippen molar-refractivity contribution < 1.29 is 0 Å². The highest BCUT2D eigenvalue weighted by atomic mass is 15.0. The smallest absolute Gasteiger partial charge is 0.0204 e. The van der Waals surface area contributed by atoms with Crippen molar-refractivity contribution >= 4 is 0 Å². The minimum Gasteiger partial charge on any atom is -0.311 e. The quantitative estimate of drug-likeness (QED) is 0.741. The lowest BCUT2D eigenvalue weighted by atomic mass is 9.77. The van der Waals surface area contributed by atoms with Crippen LogP contribution in [-0.2, 0) is 0 Å². The van der Waals surface area contributed by atoms with Gasteiger partial charge in [0.05, 0.1) is 0 Å². The Hall–Kier alpha value is -0.0400. The van der Waals surface area contributed by atoms with Crippen molar-refractivity contribution in [3.8, 4) is 0 Å². The third-order valence-corrected chi connectivity index (χ3v) is 4.05. The summed E-state index contributed by atoms with van der Waals surface area (Å²) in [5.74, 6) is 1.61. The lowest BCUT2D eigenvalue weighted by Crippen LogP contribution is -2.49. The van der Waals surface area contributed by atoms with Gasteiger partial charge in [-0.1, -0.05) is 40.5 Å². The Kier molecular flexibility index (Phi) is 5.11. The Bertz CT molecular complexity index is 164. The number of hydrogen-bond donors (Lipinski definition) is 1. The van der Waals surface area contributed by atoms with E-state index in [4.69, 9.17) is 0 Å². The second kappa shape index (κ2) is 5.89. The van der Waals surface area contributed by atoms with Gasteiger partial charge in [-0.15, -0.1) is 0 Å². The average Bonchev–Trinajstić information content (AvgIpc) is 2.40. The van der Waals surface area contributed by atoms with E-state index in [9.17, 15) is 0 Å². The van der Waals surface area contributed by atoms with Crippen molar-refractivity contribution in [3.63, 3.8) is 0 Å². The minimum absolute atomic E-state index is 0.445.